The van der Waals surface area contributed by atoms with Crippen molar-refractivity contribution < 1.29 is 27.8 Å². The molecule has 0 radical (unpaired) electrons. The third kappa shape index (κ3) is 4.35. The molecule has 0 bridgehead atoms. The first-order valence-corrected chi connectivity index (χ1v) is 11.3. The molecule has 1 atom stereocenters. The number of anilines is 2. The highest BCUT2D eigenvalue weighted by Crippen LogP contribution is 2.40. The quantitative estimate of drug-likeness (QED) is 0.606. The Bertz CT molecular complexity index is 1280. The Labute approximate surface area is 194 Å². The second-order valence-corrected chi connectivity index (χ2v) is 8.66. The molecular formula is C25H24F2N2O5. The summed E-state index contributed by atoms with van der Waals surface area (Å²) in [5, 5.41) is 9.65. The predicted molar refractivity (Wildman–Crippen MR) is 123 cm³/mol. The van der Waals surface area contributed by atoms with Crippen LogP contribution in [0, 0.1) is 11.6 Å². The fourth-order valence-corrected chi connectivity index (χ4v) is 4.90. The van der Waals surface area contributed by atoms with Gasteiger partial charge in [0.15, 0.2) is 11.3 Å². The van der Waals surface area contributed by atoms with Gasteiger partial charge in [0.25, 0.3) is 0 Å². The third-order valence-electron chi connectivity index (χ3n) is 6.37. The number of morpholine rings is 1. The van der Waals surface area contributed by atoms with Crippen molar-refractivity contribution in [3.63, 3.8) is 0 Å². The van der Waals surface area contributed by atoms with E-state index in [1.807, 2.05) is 9.80 Å². The van der Waals surface area contributed by atoms with E-state index in [9.17, 15) is 23.5 Å². The zero-order chi connectivity index (χ0) is 23.8. The van der Waals surface area contributed by atoms with E-state index in [1.54, 1.807) is 12.1 Å². The summed E-state index contributed by atoms with van der Waals surface area (Å²) < 4.78 is 39.6. The minimum atomic E-state index is -1.02. The van der Waals surface area contributed by atoms with E-state index >= 15 is 0 Å². The largest absolute Gasteiger partial charge is 0.481 e. The number of hydrogen-bond donors (Lipinski definition) is 1. The van der Waals surface area contributed by atoms with E-state index < -0.39 is 17.6 Å². The maximum Gasteiger partial charge on any atom is 0.307 e. The van der Waals surface area contributed by atoms with Crippen LogP contribution in [0.4, 0.5) is 20.4 Å². The highest BCUT2D eigenvalue weighted by Gasteiger charge is 2.30. The zero-order valence-corrected chi connectivity index (χ0v) is 18.4. The van der Waals surface area contributed by atoms with E-state index in [1.165, 1.54) is 18.2 Å². The van der Waals surface area contributed by atoms with Crippen LogP contribution in [0.25, 0.3) is 11.0 Å². The normalized spacial score (nSPS) is 18.6. The van der Waals surface area contributed by atoms with Crippen LogP contribution in [0.2, 0.25) is 0 Å². The number of rotatable bonds is 5. The van der Waals surface area contributed by atoms with Crippen LogP contribution in [0.1, 0.15) is 30.0 Å². The van der Waals surface area contributed by atoms with Crippen LogP contribution in [-0.2, 0) is 16.0 Å². The van der Waals surface area contributed by atoms with Gasteiger partial charge in [0, 0.05) is 43.0 Å². The number of carboxylic acids is 1. The summed E-state index contributed by atoms with van der Waals surface area (Å²) >= 11 is 0. The van der Waals surface area contributed by atoms with Crippen LogP contribution >= 0.6 is 0 Å². The number of carboxylic acid groups (broad SMARTS) is 1. The van der Waals surface area contributed by atoms with E-state index in [4.69, 9.17) is 9.15 Å². The molecule has 1 N–H and O–H groups in total. The molecule has 9 heteroatoms. The van der Waals surface area contributed by atoms with Gasteiger partial charge < -0.3 is 24.1 Å². The highest BCUT2D eigenvalue weighted by atomic mass is 19.1. The van der Waals surface area contributed by atoms with Gasteiger partial charge in [0.1, 0.15) is 17.2 Å². The summed E-state index contributed by atoms with van der Waals surface area (Å²) in [4.78, 5) is 28.4. The van der Waals surface area contributed by atoms with Gasteiger partial charge in [0.2, 0.25) is 0 Å². The number of fused-ring (bicyclic) bond motifs is 1. The SMILES string of the molecule is O=C(O)Cc1cc(C2CCCN2c2cc(F)cc(F)c2)c2oc(N3CCOCC3)cc(=O)c2c1. The summed E-state index contributed by atoms with van der Waals surface area (Å²) in [6.45, 7) is 2.77. The lowest BCUT2D eigenvalue weighted by atomic mass is 9.96. The van der Waals surface area contributed by atoms with Gasteiger partial charge in [-0.15, -0.1) is 0 Å². The van der Waals surface area contributed by atoms with Gasteiger partial charge in [-0.25, -0.2) is 8.78 Å². The summed E-state index contributed by atoms with van der Waals surface area (Å²) in [6.07, 6.45) is 1.17. The molecule has 1 unspecified atom stereocenters. The molecule has 178 valence electrons. The van der Waals surface area contributed by atoms with Gasteiger partial charge in [-0.3, -0.25) is 9.59 Å². The molecule has 0 spiro atoms. The van der Waals surface area contributed by atoms with Crippen LogP contribution in [0.3, 0.4) is 0 Å². The second-order valence-electron chi connectivity index (χ2n) is 8.66. The molecule has 2 saturated heterocycles. The maximum atomic E-state index is 14.0. The third-order valence-corrected chi connectivity index (χ3v) is 6.37. The number of aliphatic carboxylic acids is 1. The van der Waals surface area contributed by atoms with E-state index in [-0.39, 0.29) is 17.9 Å². The lowest BCUT2D eigenvalue weighted by Crippen LogP contribution is -2.36. The number of nitrogens with zero attached hydrogens (tertiary/aromatic N) is 2. The number of ether oxygens (including phenoxy) is 1. The molecule has 0 saturated carbocycles. The van der Waals surface area contributed by atoms with Gasteiger partial charge in [-0.05, 0) is 42.7 Å². The monoisotopic (exact) mass is 470 g/mol. The predicted octanol–water partition coefficient (Wildman–Crippen LogP) is 3.88. The van der Waals surface area contributed by atoms with Crippen molar-refractivity contribution in [3.05, 3.63) is 69.4 Å². The van der Waals surface area contributed by atoms with Crippen molar-refractivity contribution in [2.45, 2.75) is 25.3 Å². The van der Waals surface area contributed by atoms with Crippen LogP contribution < -0.4 is 15.2 Å². The first-order chi connectivity index (χ1) is 16.4. The Kier molecular flexibility index (Phi) is 5.95. The van der Waals surface area contributed by atoms with E-state index in [2.05, 4.69) is 0 Å². The van der Waals surface area contributed by atoms with Gasteiger partial charge in [0.05, 0.1) is 31.1 Å². The van der Waals surface area contributed by atoms with Crippen molar-refractivity contribution >= 4 is 28.5 Å². The van der Waals surface area contributed by atoms with Gasteiger partial charge in [-0.1, -0.05) is 0 Å². The van der Waals surface area contributed by atoms with Crippen molar-refractivity contribution in [2.75, 3.05) is 42.6 Å². The van der Waals surface area contributed by atoms with Crippen molar-refractivity contribution in [2.24, 2.45) is 0 Å². The fourth-order valence-electron chi connectivity index (χ4n) is 4.90. The molecule has 0 aliphatic carbocycles. The lowest BCUT2D eigenvalue weighted by molar-refractivity contribution is -0.136. The first-order valence-electron chi connectivity index (χ1n) is 11.3. The number of carbonyl (C=O) groups is 1. The van der Waals surface area contributed by atoms with Crippen LogP contribution in [-0.4, -0.2) is 43.9 Å². The Hall–Kier alpha value is -3.46. The number of halogens is 2. The minimum absolute atomic E-state index is 0.255. The van der Waals surface area contributed by atoms with E-state index in [0.717, 1.165) is 12.5 Å². The molecule has 2 aromatic carbocycles. The molecule has 5 rings (SSSR count). The Morgan fingerprint density at radius 2 is 1.76 bits per heavy atom. The molecule has 2 aliphatic heterocycles. The molecule has 0 amide bonds. The maximum absolute atomic E-state index is 14.0. The lowest BCUT2D eigenvalue weighted by Gasteiger charge is -2.29. The molecule has 3 heterocycles. The highest BCUT2D eigenvalue weighted by molar-refractivity contribution is 5.84. The topological polar surface area (TPSA) is 83.2 Å². The molecular weight excluding hydrogens is 446 g/mol. The standard InChI is InChI=1S/C25H24F2N2O5/c26-16-11-17(27)13-18(12-16)29-3-1-2-21(29)19-8-15(10-24(31)32)9-20-22(30)14-23(34-25(19)20)28-4-6-33-7-5-28/h8-9,11-14,21H,1-7,10H2,(H,31,32). The molecule has 1 aromatic heterocycles. The smallest absolute Gasteiger partial charge is 0.307 e. The zero-order valence-electron chi connectivity index (χ0n) is 18.4. The summed E-state index contributed by atoms with van der Waals surface area (Å²) in [6, 6.07) is 7.77. The summed E-state index contributed by atoms with van der Waals surface area (Å²) in [7, 11) is 0. The molecule has 2 aliphatic rings. The molecule has 34 heavy (non-hydrogen) atoms. The van der Waals surface area contributed by atoms with Gasteiger partial charge >= 0.3 is 5.97 Å². The first kappa shape index (κ1) is 22.3. The molecule has 3 aromatic rings. The van der Waals surface area contributed by atoms with Crippen LogP contribution in [0.5, 0.6) is 0 Å². The second kappa shape index (κ2) is 9.06. The average Bonchev–Trinajstić information content (AvgIpc) is 3.28. The van der Waals surface area contributed by atoms with Crippen molar-refractivity contribution in [1.82, 2.24) is 0 Å². The number of hydrogen-bond acceptors (Lipinski definition) is 6. The van der Waals surface area contributed by atoms with Crippen LogP contribution in [0.15, 0.2) is 45.6 Å². The van der Waals surface area contributed by atoms with Crippen molar-refractivity contribution in [1.29, 1.82) is 0 Å². The Morgan fingerprint density at radius 1 is 1.03 bits per heavy atom. The number of benzene rings is 2. The molecule has 2 fully saturated rings. The Morgan fingerprint density at radius 3 is 2.47 bits per heavy atom. The fraction of sp³-hybridized carbons (Fsp3) is 0.360. The van der Waals surface area contributed by atoms with E-state index in [0.29, 0.717) is 72.9 Å². The summed E-state index contributed by atoms with van der Waals surface area (Å²) in [5.74, 6) is -1.94. The summed E-state index contributed by atoms with van der Waals surface area (Å²) in [5.41, 5.74) is 1.61. The van der Waals surface area contributed by atoms with Gasteiger partial charge in [-0.2, -0.15) is 0 Å². The molecule has 7 nitrogen and oxygen atoms in total. The minimum Gasteiger partial charge on any atom is -0.481 e. The Balaban J connectivity index is 1.67. The van der Waals surface area contributed by atoms with Crippen molar-refractivity contribution in [3.8, 4) is 0 Å². The average molecular weight is 470 g/mol.